The minimum absolute atomic E-state index is 0.00193. The second kappa shape index (κ2) is 11.4. The van der Waals surface area contributed by atoms with Gasteiger partial charge in [0.25, 0.3) is 0 Å². The summed E-state index contributed by atoms with van der Waals surface area (Å²) in [6.45, 7) is 2.22. The zero-order valence-electron chi connectivity index (χ0n) is 22.3. The Labute approximate surface area is 228 Å². The SMILES string of the molecule is CCCCCCCCCCCC(=O)Nc1ccc2c(c1)C(=O)OC21c2ccc(O)cc2Oc2cc(O)ccc21. The Morgan fingerprint density at radius 1 is 0.769 bits per heavy atom. The lowest BCUT2D eigenvalue weighted by Gasteiger charge is -2.36. The van der Waals surface area contributed by atoms with Crippen molar-refractivity contribution in [2.24, 2.45) is 0 Å². The van der Waals surface area contributed by atoms with Crippen molar-refractivity contribution in [2.45, 2.75) is 76.7 Å². The largest absolute Gasteiger partial charge is 0.508 e. The maximum absolute atomic E-state index is 13.2. The van der Waals surface area contributed by atoms with Gasteiger partial charge in [-0.2, -0.15) is 0 Å². The summed E-state index contributed by atoms with van der Waals surface area (Å²) in [6, 6.07) is 14.5. The van der Waals surface area contributed by atoms with Crippen molar-refractivity contribution < 1.29 is 29.3 Å². The van der Waals surface area contributed by atoms with Gasteiger partial charge in [-0.05, 0) is 42.8 Å². The number of esters is 1. The van der Waals surface area contributed by atoms with E-state index in [4.69, 9.17) is 9.47 Å². The van der Waals surface area contributed by atoms with Gasteiger partial charge < -0.3 is 25.0 Å². The number of aromatic hydroxyl groups is 2. The fraction of sp³-hybridized carbons (Fsp3) is 0.375. The van der Waals surface area contributed by atoms with Crippen LogP contribution in [0.3, 0.4) is 0 Å². The molecule has 0 saturated heterocycles. The number of anilines is 1. The number of carbonyl (C=O) groups is 2. The number of fused-ring (bicyclic) bond motifs is 6. The van der Waals surface area contributed by atoms with E-state index in [1.807, 2.05) is 0 Å². The first-order valence-corrected chi connectivity index (χ1v) is 13.9. The highest BCUT2D eigenvalue weighted by molar-refractivity contribution is 5.99. The van der Waals surface area contributed by atoms with Crippen molar-refractivity contribution in [3.8, 4) is 23.0 Å². The smallest absolute Gasteiger partial charge is 0.340 e. The minimum atomic E-state index is -1.31. The number of amides is 1. The molecule has 3 N–H and O–H groups in total. The standard InChI is InChI=1S/C32H35NO6/c1-2-3-4-5-6-7-8-9-10-11-30(36)33-21-12-15-25-24(18-21)31(37)39-32(25)26-16-13-22(34)19-28(26)38-29-20-23(35)14-17-27(29)32/h12-20,34-35H,2-11H2,1H3,(H,33,36). The maximum atomic E-state index is 13.2. The monoisotopic (exact) mass is 529 g/mol. The van der Waals surface area contributed by atoms with Gasteiger partial charge in [0.05, 0.1) is 5.56 Å². The van der Waals surface area contributed by atoms with Crippen LogP contribution in [0.5, 0.6) is 23.0 Å². The third-order valence-electron chi connectivity index (χ3n) is 7.56. The fourth-order valence-corrected chi connectivity index (χ4v) is 5.60. The third-order valence-corrected chi connectivity index (χ3v) is 7.56. The van der Waals surface area contributed by atoms with Gasteiger partial charge in [0.15, 0.2) is 5.60 Å². The number of unbranched alkanes of at least 4 members (excludes halogenated alkanes) is 8. The summed E-state index contributed by atoms with van der Waals surface area (Å²) in [5, 5.41) is 23.0. The lowest BCUT2D eigenvalue weighted by molar-refractivity contribution is -0.116. The molecule has 0 unspecified atom stereocenters. The van der Waals surface area contributed by atoms with E-state index in [2.05, 4.69) is 12.2 Å². The van der Waals surface area contributed by atoms with Gasteiger partial charge in [-0.3, -0.25) is 4.79 Å². The number of rotatable bonds is 11. The van der Waals surface area contributed by atoms with Gasteiger partial charge in [-0.1, -0.05) is 64.4 Å². The molecule has 5 rings (SSSR count). The second-order valence-corrected chi connectivity index (χ2v) is 10.4. The number of phenolic OH excluding ortho intramolecular Hbond substituents is 2. The van der Waals surface area contributed by atoms with Crippen molar-refractivity contribution in [3.63, 3.8) is 0 Å². The van der Waals surface area contributed by atoms with Gasteiger partial charge >= 0.3 is 5.97 Å². The molecule has 0 bridgehead atoms. The van der Waals surface area contributed by atoms with Crippen molar-refractivity contribution in [1.29, 1.82) is 0 Å². The molecule has 1 amide bonds. The predicted octanol–water partition coefficient (Wildman–Crippen LogP) is 7.53. The number of hydrogen-bond donors (Lipinski definition) is 3. The van der Waals surface area contributed by atoms with E-state index in [1.165, 1.54) is 62.8 Å². The van der Waals surface area contributed by atoms with Gasteiger partial charge in [-0.15, -0.1) is 0 Å². The van der Waals surface area contributed by atoms with Crippen LogP contribution in [0.15, 0.2) is 54.6 Å². The highest BCUT2D eigenvalue weighted by atomic mass is 16.6. The average Bonchev–Trinajstić information content (AvgIpc) is 3.19. The molecule has 3 aromatic rings. The molecule has 7 nitrogen and oxygen atoms in total. The highest BCUT2D eigenvalue weighted by Crippen LogP contribution is 2.57. The summed E-state index contributed by atoms with van der Waals surface area (Å²) in [6.07, 6.45) is 11.1. The summed E-state index contributed by atoms with van der Waals surface area (Å²) in [5.41, 5.74) is 1.30. The molecule has 1 spiro atoms. The lowest BCUT2D eigenvalue weighted by atomic mass is 9.77. The quantitative estimate of drug-likeness (QED) is 0.175. The minimum Gasteiger partial charge on any atom is -0.508 e. The summed E-state index contributed by atoms with van der Waals surface area (Å²) in [7, 11) is 0. The van der Waals surface area contributed by atoms with E-state index in [0.29, 0.717) is 45.9 Å². The first-order valence-electron chi connectivity index (χ1n) is 13.9. The Hall–Kier alpha value is -4.00. The van der Waals surface area contributed by atoms with E-state index < -0.39 is 11.6 Å². The molecule has 0 radical (unpaired) electrons. The number of ether oxygens (including phenoxy) is 2. The topological polar surface area (TPSA) is 105 Å². The molecule has 0 fully saturated rings. The van der Waals surface area contributed by atoms with Crippen LogP contribution in [0.1, 0.15) is 98.2 Å². The highest BCUT2D eigenvalue weighted by Gasteiger charge is 2.53. The molecule has 0 aromatic heterocycles. The third kappa shape index (κ3) is 5.31. The Morgan fingerprint density at radius 3 is 1.95 bits per heavy atom. The molecule has 0 atom stereocenters. The second-order valence-electron chi connectivity index (χ2n) is 10.4. The normalized spacial score (nSPS) is 14.2. The number of carbonyl (C=O) groups excluding carboxylic acids is 2. The van der Waals surface area contributed by atoms with E-state index >= 15 is 0 Å². The van der Waals surface area contributed by atoms with Crippen molar-refractivity contribution in [2.75, 3.05) is 5.32 Å². The molecule has 2 aliphatic heterocycles. The Morgan fingerprint density at radius 2 is 1.33 bits per heavy atom. The van der Waals surface area contributed by atoms with Gasteiger partial charge in [0.1, 0.15) is 23.0 Å². The Balaban J connectivity index is 1.30. The van der Waals surface area contributed by atoms with Gasteiger partial charge in [0.2, 0.25) is 5.91 Å². The number of hydrogen-bond acceptors (Lipinski definition) is 6. The molecule has 7 heteroatoms. The number of nitrogens with one attached hydrogen (secondary N) is 1. The van der Waals surface area contributed by atoms with Crippen LogP contribution in [0.25, 0.3) is 0 Å². The lowest BCUT2D eigenvalue weighted by Crippen LogP contribution is -2.32. The Kier molecular flexibility index (Phi) is 7.77. The maximum Gasteiger partial charge on any atom is 0.340 e. The van der Waals surface area contributed by atoms with Crippen molar-refractivity contribution in [3.05, 3.63) is 76.9 Å². The first kappa shape index (κ1) is 26.6. The molecule has 204 valence electrons. The predicted molar refractivity (Wildman–Crippen MR) is 149 cm³/mol. The molecule has 3 aromatic carbocycles. The van der Waals surface area contributed by atoms with Crippen LogP contribution in [-0.2, 0) is 15.1 Å². The summed E-state index contributed by atoms with van der Waals surface area (Å²) in [5.74, 6) is 0.0509. The van der Waals surface area contributed by atoms with E-state index in [9.17, 15) is 19.8 Å². The first-order chi connectivity index (χ1) is 18.9. The molecule has 2 heterocycles. The Bertz CT molecular complexity index is 1330. The number of phenols is 2. The van der Waals surface area contributed by atoms with E-state index in [-0.39, 0.29) is 17.4 Å². The van der Waals surface area contributed by atoms with Crippen LogP contribution in [0.2, 0.25) is 0 Å². The molecular formula is C32H35NO6. The average molecular weight is 530 g/mol. The van der Waals surface area contributed by atoms with Crippen molar-refractivity contribution >= 4 is 17.6 Å². The molecule has 0 saturated carbocycles. The molecule has 39 heavy (non-hydrogen) atoms. The van der Waals surface area contributed by atoms with Crippen LogP contribution < -0.4 is 10.1 Å². The number of benzene rings is 3. The van der Waals surface area contributed by atoms with Crippen LogP contribution in [-0.4, -0.2) is 22.1 Å². The summed E-state index contributed by atoms with van der Waals surface area (Å²) in [4.78, 5) is 25.8. The van der Waals surface area contributed by atoms with Crippen molar-refractivity contribution in [1.82, 2.24) is 0 Å². The summed E-state index contributed by atoms with van der Waals surface area (Å²) < 4.78 is 12.1. The van der Waals surface area contributed by atoms with Crippen LogP contribution >= 0.6 is 0 Å². The van der Waals surface area contributed by atoms with Gasteiger partial charge in [0, 0.05) is 40.9 Å². The van der Waals surface area contributed by atoms with Crippen LogP contribution in [0, 0.1) is 0 Å². The van der Waals surface area contributed by atoms with Crippen LogP contribution in [0.4, 0.5) is 5.69 Å². The zero-order valence-corrected chi connectivity index (χ0v) is 22.3. The fourth-order valence-electron chi connectivity index (χ4n) is 5.60. The van der Waals surface area contributed by atoms with E-state index in [0.717, 1.165) is 19.3 Å². The summed E-state index contributed by atoms with van der Waals surface area (Å²) >= 11 is 0. The molecule has 0 aliphatic carbocycles. The van der Waals surface area contributed by atoms with E-state index in [1.54, 1.807) is 30.3 Å². The molecular weight excluding hydrogens is 494 g/mol. The zero-order chi connectivity index (χ0) is 27.4. The molecule has 2 aliphatic rings. The van der Waals surface area contributed by atoms with Gasteiger partial charge in [-0.25, -0.2) is 4.79 Å².